The van der Waals surface area contributed by atoms with Crippen LogP contribution < -0.4 is 4.74 Å². The molecule has 78 valence electrons. The number of halogens is 2. The van der Waals surface area contributed by atoms with Crippen LogP contribution in [0, 0.1) is 0 Å². The summed E-state index contributed by atoms with van der Waals surface area (Å²) in [5.74, 6) is -0.109. The fraction of sp³-hybridized carbons (Fsp3) is 0.100. The third-order valence-electron chi connectivity index (χ3n) is 1.80. The number of rotatable bonds is 2. The zero-order valence-corrected chi connectivity index (χ0v) is 8.96. The van der Waals surface area contributed by atoms with Gasteiger partial charge >= 0.3 is 5.97 Å². The van der Waals surface area contributed by atoms with Crippen LogP contribution in [0.2, 0.25) is 0 Å². The number of hydrogen-bond acceptors (Lipinski definition) is 3. The summed E-state index contributed by atoms with van der Waals surface area (Å²) in [7, 11) is 0. The minimum absolute atomic E-state index is 0.0746. The minimum atomic E-state index is -0.936. The highest BCUT2D eigenvalue weighted by Gasteiger charge is 2.33. The molecule has 1 aromatic carbocycles. The first-order valence-corrected chi connectivity index (χ1v) is 4.92. The van der Waals surface area contributed by atoms with E-state index in [4.69, 9.17) is 32.7 Å². The van der Waals surface area contributed by atoms with Crippen LogP contribution in [0.1, 0.15) is 0 Å². The molecule has 0 radical (unpaired) electrons. The van der Waals surface area contributed by atoms with Crippen molar-refractivity contribution >= 4 is 29.2 Å². The van der Waals surface area contributed by atoms with Gasteiger partial charge in [0, 0.05) is 0 Å². The fourth-order valence-corrected chi connectivity index (χ4v) is 1.40. The fourth-order valence-electron chi connectivity index (χ4n) is 1.10. The summed E-state index contributed by atoms with van der Waals surface area (Å²) >= 11 is 11.3. The molecule has 15 heavy (non-hydrogen) atoms. The molecule has 3 nitrogen and oxygen atoms in total. The maximum Gasteiger partial charge on any atom is 0.354 e. The molecule has 1 aromatic rings. The lowest BCUT2D eigenvalue weighted by Gasteiger charge is -2.12. The molecule has 0 spiro atoms. The van der Waals surface area contributed by atoms with Gasteiger partial charge in [-0.05, 0) is 12.1 Å². The summed E-state index contributed by atoms with van der Waals surface area (Å²) < 4.78 is 10.1. The zero-order chi connectivity index (χ0) is 10.8. The van der Waals surface area contributed by atoms with Crippen molar-refractivity contribution in [2.75, 3.05) is 0 Å². The largest absolute Gasteiger partial charge is 0.450 e. The number of para-hydroxylation sites is 1. The summed E-state index contributed by atoms with van der Waals surface area (Å²) in [6.07, 6.45) is -0.936. The van der Waals surface area contributed by atoms with Crippen molar-refractivity contribution in [2.24, 2.45) is 0 Å². The first kappa shape index (κ1) is 10.3. The standard InChI is InChI=1S/C10H6Cl2O3/c11-7-8(12)10(15-9(7)13)14-6-4-2-1-3-5-6/h1-5,10H. The molecule has 0 saturated heterocycles. The Morgan fingerprint density at radius 3 is 2.40 bits per heavy atom. The Hall–Kier alpha value is -1.19. The Bertz CT molecular complexity index is 414. The summed E-state index contributed by atoms with van der Waals surface area (Å²) in [5, 5.41) is -0.0527. The second-order valence-electron chi connectivity index (χ2n) is 2.83. The highest BCUT2D eigenvalue weighted by molar-refractivity contribution is 6.48. The van der Waals surface area contributed by atoms with Gasteiger partial charge in [0.15, 0.2) is 0 Å². The van der Waals surface area contributed by atoms with Crippen molar-refractivity contribution in [1.29, 1.82) is 0 Å². The molecular formula is C10H6Cl2O3. The number of carbonyl (C=O) groups is 1. The highest BCUT2D eigenvalue weighted by Crippen LogP contribution is 2.30. The van der Waals surface area contributed by atoms with Crippen molar-refractivity contribution in [3.05, 3.63) is 40.4 Å². The van der Waals surface area contributed by atoms with Gasteiger partial charge in [-0.15, -0.1) is 0 Å². The Kier molecular flexibility index (Phi) is 2.84. The number of carbonyl (C=O) groups excluding carboxylic acids is 1. The highest BCUT2D eigenvalue weighted by atomic mass is 35.5. The maximum absolute atomic E-state index is 11.0. The number of cyclic esters (lactones) is 1. The van der Waals surface area contributed by atoms with Gasteiger partial charge in [0.1, 0.15) is 15.8 Å². The zero-order valence-electron chi connectivity index (χ0n) is 7.44. The third-order valence-corrected chi connectivity index (χ3v) is 2.62. The Morgan fingerprint density at radius 1 is 1.20 bits per heavy atom. The van der Waals surface area contributed by atoms with Crippen molar-refractivity contribution in [2.45, 2.75) is 6.29 Å². The first-order valence-electron chi connectivity index (χ1n) is 4.16. The molecule has 0 saturated carbocycles. The van der Waals surface area contributed by atoms with Crippen molar-refractivity contribution in [3.63, 3.8) is 0 Å². The number of benzene rings is 1. The monoisotopic (exact) mass is 244 g/mol. The van der Waals surface area contributed by atoms with E-state index in [0.29, 0.717) is 5.75 Å². The smallest absolute Gasteiger partial charge is 0.354 e. The first-order chi connectivity index (χ1) is 7.18. The van der Waals surface area contributed by atoms with Crippen molar-refractivity contribution in [1.82, 2.24) is 0 Å². The maximum atomic E-state index is 11.0. The normalized spacial score (nSPS) is 20.4. The van der Waals surface area contributed by atoms with Gasteiger partial charge in [-0.2, -0.15) is 0 Å². The molecule has 0 aromatic heterocycles. The quantitative estimate of drug-likeness (QED) is 0.751. The lowest BCUT2D eigenvalue weighted by molar-refractivity contribution is -0.148. The second kappa shape index (κ2) is 4.13. The second-order valence-corrected chi connectivity index (χ2v) is 3.62. The van der Waals surface area contributed by atoms with Crippen LogP contribution in [0.15, 0.2) is 40.4 Å². The SMILES string of the molecule is O=C1OC(Oc2ccccc2)C(Cl)=C1Cl. The van der Waals surface area contributed by atoms with Gasteiger partial charge in [-0.25, -0.2) is 4.79 Å². The molecule has 2 rings (SSSR count). The Balaban J connectivity index is 2.13. The van der Waals surface area contributed by atoms with E-state index in [1.165, 1.54) is 0 Å². The molecule has 1 aliphatic heterocycles. The predicted octanol–water partition coefficient (Wildman–Crippen LogP) is 2.64. The van der Waals surface area contributed by atoms with Gasteiger partial charge in [-0.3, -0.25) is 0 Å². The topological polar surface area (TPSA) is 35.5 Å². The lowest BCUT2D eigenvalue weighted by Crippen LogP contribution is -2.17. The van der Waals surface area contributed by atoms with Crippen LogP contribution in [0.25, 0.3) is 0 Å². The number of esters is 1. The van der Waals surface area contributed by atoms with E-state index < -0.39 is 12.3 Å². The Morgan fingerprint density at radius 2 is 1.87 bits per heavy atom. The molecule has 0 fully saturated rings. The van der Waals surface area contributed by atoms with E-state index in [2.05, 4.69) is 0 Å². The average molecular weight is 245 g/mol. The molecule has 1 aliphatic rings. The van der Waals surface area contributed by atoms with Crippen LogP contribution in [-0.2, 0) is 9.53 Å². The van der Waals surface area contributed by atoms with E-state index >= 15 is 0 Å². The van der Waals surface area contributed by atoms with E-state index in [1.54, 1.807) is 24.3 Å². The summed E-state index contributed by atoms with van der Waals surface area (Å²) in [4.78, 5) is 11.0. The lowest BCUT2D eigenvalue weighted by atomic mass is 10.3. The number of hydrogen-bond donors (Lipinski definition) is 0. The predicted molar refractivity (Wildman–Crippen MR) is 55.7 cm³/mol. The summed E-state index contributed by atoms with van der Waals surface area (Å²) in [6, 6.07) is 8.89. The minimum Gasteiger partial charge on any atom is -0.450 e. The van der Waals surface area contributed by atoms with Crippen LogP contribution in [0.3, 0.4) is 0 Å². The number of ether oxygens (including phenoxy) is 2. The molecule has 1 atom stereocenters. The van der Waals surface area contributed by atoms with Gasteiger partial charge in [-0.1, -0.05) is 41.4 Å². The van der Waals surface area contributed by atoms with E-state index in [0.717, 1.165) is 0 Å². The van der Waals surface area contributed by atoms with Gasteiger partial charge in [0.25, 0.3) is 6.29 Å². The van der Waals surface area contributed by atoms with Crippen LogP contribution in [0.4, 0.5) is 0 Å². The Labute approximate surface area is 96.2 Å². The molecule has 5 heteroatoms. The molecule has 1 heterocycles. The van der Waals surface area contributed by atoms with E-state index in [-0.39, 0.29) is 10.1 Å². The van der Waals surface area contributed by atoms with E-state index in [1.807, 2.05) is 6.07 Å². The average Bonchev–Trinajstić information content (AvgIpc) is 2.48. The third kappa shape index (κ3) is 2.08. The molecule has 0 bridgehead atoms. The van der Waals surface area contributed by atoms with Gasteiger partial charge < -0.3 is 9.47 Å². The van der Waals surface area contributed by atoms with Crippen molar-refractivity contribution in [3.8, 4) is 5.75 Å². The molecule has 0 aliphatic carbocycles. The molecule has 1 unspecified atom stereocenters. The van der Waals surface area contributed by atoms with Crippen molar-refractivity contribution < 1.29 is 14.3 Å². The molecular weight excluding hydrogens is 239 g/mol. The summed E-state index contributed by atoms with van der Waals surface area (Å²) in [6.45, 7) is 0. The molecule has 0 N–H and O–H groups in total. The van der Waals surface area contributed by atoms with Gasteiger partial charge in [0.2, 0.25) is 0 Å². The van der Waals surface area contributed by atoms with Crippen LogP contribution in [-0.4, -0.2) is 12.3 Å². The van der Waals surface area contributed by atoms with Crippen LogP contribution >= 0.6 is 23.2 Å². The summed E-state index contributed by atoms with van der Waals surface area (Å²) in [5.41, 5.74) is 0. The van der Waals surface area contributed by atoms with Crippen LogP contribution in [0.5, 0.6) is 5.75 Å². The molecule has 0 amide bonds. The van der Waals surface area contributed by atoms with E-state index in [9.17, 15) is 4.79 Å². The van der Waals surface area contributed by atoms with Gasteiger partial charge in [0.05, 0.1) is 0 Å².